The standard InChI is InChI=1S/C8H15O.C2H6/c1-7-3-5-8(9-2)6-4-7;1-2/h5,7-8H,3-4,6H2,1-2H3;1-2H3. The Bertz CT molecular complexity index is 72.9. The smallest absolute Gasteiger partial charge is 0.0603 e. The summed E-state index contributed by atoms with van der Waals surface area (Å²) in [6.45, 7) is 6.29. The van der Waals surface area contributed by atoms with E-state index in [1.54, 1.807) is 7.11 Å². The van der Waals surface area contributed by atoms with Crippen LogP contribution < -0.4 is 0 Å². The SMILES string of the molecule is CC.COC1[CH]CC(C)CC1. The third kappa shape index (κ3) is 4.41. The van der Waals surface area contributed by atoms with E-state index in [1.165, 1.54) is 19.3 Å². The van der Waals surface area contributed by atoms with Crippen LogP contribution in [0.3, 0.4) is 0 Å². The molecule has 0 aromatic rings. The fraction of sp³-hybridized carbons (Fsp3) is 0.900. The van der Waals surface area contributed by atoms with Gasteiger partial charge < -0.3 is 4.74 Å². The van der Waals surface area contributed by atoms with Gasteiger partial charge in [-0.05, 0) is 31.6 Å². The van der Waals surface area contributed by atoms with Crippen LogP contribution in [0.25, 0.3) is 0 Å². The molecule has 0 amide bonds. The number of hydrogen-bond acceptors (Lipinski definition) is 1. The zero-order valence-electron chi connectivity index (χ0n) is 8.26. The number of methoxy groups -OCH3 is 1. The Labute approximate surface area is 71.1 Å². The summed E-state index contributed by atoms with van der Waals surface area (Å²) in [7, 11) is 1.79. The molecule has 0 aromatic carbocycles. The fourth-order valence-electron chi connectivity index (χ4n) is 1.28. The van der Waals surface area contributed by atoms with Crippen molar-refractivity contribution < 1.29 is 4.74 Å². The van der Waals surface area contributed by atoms with E-state index in [0.717, 1.165) is 5.92 Å². The summed E-state index contributed by atoms with van der Waals surface area (Å²) in [5.74, 6) is 0.886. The average Bonchev–Trinajstić information content (AvgIpc) is 2.10. The summed E-state index contributed by atoms with van der Waals surface area (Å²) in [5.41, 5.74) is 0. The van der Waals surface area contributed by atoms with Crippen molar-refractivity contribution in [3.63, 3.8) is 0 Å². The van der Waals surface area contributed by atoms with Crippen molar-refractivity contribution in [2.75, 3.05) is 7.11 Å². The summed E-state index contributed by atoms with van der Waals surface area (Å²) < 4.78 is 5.18. The molecule has 1 heteroatoms. The molecule has 0 spiro atoms. The van der Waals surface area contributed by atoms with E-state index < -0.39 is 0 Å². The van der Waals surface area contributed by atoms with E-state index in [4.69, 9.17) is 4.74 Å². The van der Waals surface area contributed by atoms with Crippen molar-refractivity contribution in [3.05, 3.63) is 6.42 Å². The maximum absolute atomic E-state index is 5.18. The van der Waals surface area contributed by atoms with E-state index >= 15 is 0 Å². The van der Waals surface area contributed by atoms with Crippen LogP contribution in [0.4, 0.5) is 0 Å². The van der Waals surface area contributed by atoms with Gasteiger partial charge in [0.15, 0.2) is 0 Å². The average molecular weight is 157 g/mol. The summed E-state index contributed by atoms with van der Waals surface area (Å²) in [4.78, 5) is 0. The van der Waals surface area contributed by atoms with Crippen LogP contribution >= 0.6 is 0 Å². The number of rotatable bonds is 1. The monoisotopic (exact) mass is 157 g/mol. The van der Waals surface area contributed by atoms with Gasteiger partial charge in [-0.1, -0.05) is 20.8 Å². The highest BCUT2D eigenvalue weighted by Crippen LogP contribution is 2.23. The first kappa shape index (κ1) is 11.0. The van der Waals surface area contributed by atoms with Crippen LogP contribution in [0.2, 0.25) is 0 Å². The molecule has 11 heavy (non-hydrogen) atoms. The molecule has 1 aliphatic carbocycles. The zero-order valence-corrected chi connectivity index (χ0v) is 8.26. The van der Waals surface area contributed by atoms with Gasteiger partial charge in [-0.15, -0.1) is 0 Å². The van der Waals surface area contributed by atoms with Gasteiger partial charge in [0, 0.05) is 7.11 Å². The minimum atomic E-state index is 0.446. The molecule has 0 heterocycles. The first-order valence-electron chi connectivity index (χ1n) is 4.69. The van der Waals surface area contributed by atoms with Crippen molar-refractivity contribution in [1.82, 2.24) is 0 Å². The van der Waals surface area contributed by atoms with E-state index in [9.17, 15) is 0 Å². The molecule has 1 nitrogen and oxygen atoms in total. The minimum absolute atomic E-state index is 0.446. The Morgan fingerprint density at radius 3 is 2.27 bits per heavy atom. The lowest BCUT2D eigenvalue weighted by atomic mass is 9.89. The predicted molar refractivity (Wildman–Crippen MR) is 49.5 cm³/mol. The van der Waals surface area contributed by atoms with Crippen LogP contribution in [0.1, 0.15) is 40.0 Å². The maximum Gasteiger partial charge on any atom is 0.0603 e. The van der Waals surface area contributed by atoms with Gasteiger partial charge in [0.05, 0.1) is 6.10 Å². The van der Waals surface area contributed by atoms with Gasteiger partial charge >= 0.3 is 0 Å². The van der Waals surface area contributed by atoms with Gasteiger partial charge in [0.2, 0.25) is 0 Å². The topological polar surface area (TPSA) is 9.23 Å². The molecule has 0 saturated heterocycles. The molecule has 0 aromatic heterocycles. The van der Waals surface area contributed by atoms with Gasteiger partial charge in [0.25, 0.3) is 0 Å². The van der Waals surface area contributed by atoms with Crippen molar-refractivity contribution in [2.24, 2.45) is 5.92 Å². The Kier molecular flexibility index (Phi) is 6.63. The van der Waals surface area contributed by atoms with Crippen molar-refractivity contribution in [1.29, 1.82) is 0 Å². The van der Waals surface area contributed by atoms with Crippen LogP contribution in [-0.4, -0.2) is 13.2 Å². The van der Waals surface area contributed by atoms with Crippen LogP contribution in [-0.2, 0) is 4.74 Å². The summed E-state index contributed by atoms with van der Waals surface area (Å²) in [5, 5.41) is 0. The molecule has 67 valence electrons. The lowest BCUT2D eigenvalue weighted by Crippen LogP contribution is -2.19. The third-order valence-corrected chi connectivity index (χ3v) is 2.05. The Morgan fingerprint density at radius 2 is 1.91 bits per heavy atom. The van der Waals surface area contributed by atoms with Crippen molar-refractivity contribution in [3.8, 4) is 0 Å². The molecule has 1 fully saturated rings. The van der Waals surface area contributed by atoms with Crippen LogP contribution in [0, 0.1) is 12.3 Å². The summed E-state index contributed by atoms with van der Waals surface area (Å²) in [6, 6.07) is 0. The second-order valence-electron chi connectivity index (χ2n) is 2.93. The molecular weight excluding hydrogens is 136 g/mol. The van der Waals surface area contributed by atoms with Gasteiger partial charge in [-0.2, -0.15) is 0 Å². The lowest BCUT2D eigenvalue weighted by molar-refractivity contribution is 0.0960. The van der Waals surface area contributed by atoms with E-state index in [2.05, 4.69) is 13.3 Å². The molecule has 1 radical (unpaired) electrons. The van der Waals surface area contributed by atoms with Gasteiger partial charge in [-0.3, -0.25) is 0 Å². The molecular formula is C10H21O. The Morgan fingerprint density at radius 1 is 1.27 bits per heavy atom. The second-order valence-corrected chi connectivity index (χ2v) is 2.93. The van der Waals surface area contributed by atoms with Crippen molar-refractivity contribution >= 4 is 0 Å². The quantitative estimate of drug-likeness (QED) is 0.568. The molecule has 1 aliphatic rings. The lowest BCUT2D eigenvalue weighted by Gasteiger charge is -2.24. The minimum Gasteiger partial charge on any atom is -0.381 e. The summed E-state index contributed by atoms with van der Waals surface area (Å²) >= 11 is 0. The van der Waals surface area contributed by atoms with E-state index in [1.807, 2.05) is 13.8 Å². The largest absolute Gasteiger partial charge is 0.381 e. The number of ether oxygens (including phenoxy) is 1. The zero-order chi connectivity index (χ0) is 8.69. The fourth-order valence-corrected chi connectivity index (χ4v) is 1.28. The van der Waals surface area contributed by atoms with E-state index in [-0.39, 0.29) is 0 Å². The maximum atomic E-state index is 5.18. The molecule has 0 bridgehead atoms. The molecule has 2 unspecified atom stereocenters. The molecule has 1 saturated carbocycles. The molecule has 1 rings (SSSR count). The number of hydrogen-bond donors (Lipinski definition) is 0. The highest BCUT2D eigenvalue weighted by molar-refractivity contribution is 4.84. The van der Waals surface area contributed by atoms with Gasteiger partial charge in [-0.25, -0.2) is 0 Å². The molecule has 0 N–H and O–H groups in total. The Balaban J connectivity index is 0.000000461. The van der Waals surface area contributed by atoms with Crippen LogP contribution in [0.5, 0.6) is 0 Å². The van der Waals surface area contributed by atoms with Crippen LogP contribution in [0.15, 0.2) is 0 Å². The first-order valence-corrected chi connectivity index (χ1v) is 4.69. The normalized spacial score (nSPS) is 30.5. The Hall–Kier alpha value is -0.0400. The molecule has 0 aliphatic heterocycles. The first-order chi connectivity index (χ1) is 5.33. The highest BCUT2D eigenvalue weighted by Gasteiger charge is 2.16. The van der Waals surface area contributed by atoms with Gasteiger partial charge in [0.1, 0.15) is 0 Å². The second kappa shape index (κ2) is 6.66. The predicted octanol–water partition coefficient (Wildman–Crippen LogP) is 3.05. The van der Waals surface area contributed by atoms with E-state index in [0.29, 0.717) is 6.10 Å². The molecule has 2 atom stereocenters. The highest BCUT2D eigenvalue weighted by atomic mass is 16.5. The van der Waals surface area contributed by atoms with Crippen molar-refractivity contribution in [2.45, 2.75) is 46.1 Å². The third-order valence-electron chi connectivity index (χ3n) is 2.05. The summed E-state index contributed by atoms with van der Waals surface area (Å²) in [6.07, 6.45) is 6.51.